The lowest BCUT2D eigenvalue weighted by molar-refractivity contribution is -0.147. The molecule has 11 aliphatic carbocycles. The SMILES string of the molecule is COc1c2c(c(OC)c3ccccc13)[C@@H]1CC[C@H]2C2C1[C@@H]1C[C@H]2C2CC3C(CC21)[C@@H]1CC[C@H]3[C@H]2[C@@H]1[C@H]1CC[C@@H]2C1=C(C#N)C#N. The van der Waals surface area contributed by atoms with Crippen LogP contribution in [0.5, 0.6) is 11.5 Å². The van der Waals surface area contributed by atoms with Gasteiger partial charge in [-0.3, -0.25) is 0 Å². The Hall–Kier alpha value is -2.98. The maximum Gasteiger partial charge on any atom is 0.130 e. The number of hydrogen-bond donors (Lipinski definition) is 0. The number of rotatable bonds is 2. The first kappa shape index (κ1) is 26.1. The molecule has 6 unspecified atom stereocenters. The first-order chi connectivity index (χ1) is 22.2. The Balaban J connectivity index is 0.984. The first-order valence-corrected chi connectivity index (χ1v) is 18.4. The van der Waals surface area contributed by atoms with E-state index in [0.29, 0.717) is 29.2 Å². The van der Waals surface area contributed by atoms with E-state index in [-0.39, 0.29) is 0 Å². The Morgan fingerprint density at radius 2 is 0.956 bits per heavy atom. The highest BCUT2D eigenvalue weighted by Gasteiger charge is 2.70. The van der Waals surface area contributed by atoms with Crippen LogP contribution in [0.25, 0.3) is 10.8 Å². The van der Waals surface area contributed by atoms with Gasteiger partial charge in [-0.15, -0.1) is 0 Å². The van der Waals surface area contributed by atoms with E-state index in [4.69, 9.17) is 9.47 Å². The highest BCUT2D eigenvalue weighted by atomic mass is 16.5. The summed E-state index contributed by atoms with van der Waals surface area (Å²) in [6.07, 6.45) is 12.4. The average Bonchev–Trinajstić information content (AvgIpc) is 3.87. The zero-order valence-corrected chi connectivity index (χ0v) is 26.6. The van der Waals surface area contributed by atoms with Crippen LogP contribution in [0.3, 0.4) is 0 Å². The van der Waals surface area contributed by atoms with E-state index < -0.39 is 0 Å². The lowest BCUT2D eigenvalue weighted by atomic mass is 9.41. The summed E-state index contributed by atoms with van der Waals surface area (Å²) in [6.45, 7) is 0. The fourth-order valence-electron chi connectivity index (χ4n) is 16.3. The van der Waals surface area contributed by atoms with Crippen LogP contribution in [0.1, 0.15) is 80.8 Å². The van der Waals surface area contributed by atoms with Crippen LogP contribution in [0.4, 0.5) is 0 Å². The molecule has 45 heavy (non-hydrogen) atoms. The molecule has 0 heterocycles. The van der Waals surface area contributed by atoms with Gasteiger partial charge < -0.3 is 9.47 Å². The molecule has 0 radical (unpaired) electrons. The molecule has 9 saturated carbocycles. The van der Waals surface area contributed by atoms with Crippen molar-refractivity contribution in [3.63, 3.8) is 0 Å². The lowest BCUT2D eigenvalue weighted by Gasteiger charge is -2.64. The summed E-state index contributed by atoms with van der Waals surface area (Å²) in [5, 5.41) is 22.3. The van der Waals surface area contributed by atoms with Gasteiger partial charge in [-0.1, -0.05) is 24.3 Å². The molecule has 9 fully saturated rings. The van der Waals surface area contributed by atoms with Crippen molar-refractivity contribution in [2.24, 2.45) is 82.9 Å². The molecule has 0 amide bonds. The molecule has 0 spiro atoms. The molecule has 0 N–H and O–H groups in total. The summed E-state index contributed by atoms with van der Waals surface area (Å²) in [7, 11) is 3.79. The standard InChI is InChI=1S/C41H44N2O2/c1-44-40-21-5-3-4-6-22(21)41(45-2)39-26-12-11-25(38(39)40)36-31-15-32(37(26)36)30-14-28-20-8-7-19(27(28)13-29(30)31)34-23-9-10-24(35(20)34)33(23)18(16-42)17-43/h3-6,19-20,23-32,34-37H,7-15H2,1-2H3/t19-,20+,23-,24+,25+,26-,27?,28?,29?,30?,31+,32-,34-,35+,36?,37?. The number of nitriles is 2. The van der Waals surface area contributed by atoms with E-state index in [1.165, 1.54) is 85.3 Å². The van der Waals surface area contributed by atoms with Crippen LogP contribution >= 0.6 is 0 Å². The van der Waals surface area contributed by atoms with E-state index in [9.17, 15) is 10.5 Å². The summed E-state index contributed by atoms with van der Waals surface area (Å²) in [4.78, 5) is 0. The monoisotopic (exact) mass is 596 g/mol. The molecule has 0 saturated heterocycles. The summed E-state index contributed by atoms with van der Waals surface area (Å²) >= 11 is 0. The van der Waals surface area contributed by atoms with Gasteiger partial charge >= 0.3 is 0 Å². The van der Waals surface area contributed by atoms with Crippen LogP contribution in [0, 0.1) is 106 Å². The van der Waals surface area contributed by atoms with E-state index >= 15 is 0 Å². The van der Waals surface area contributed by atoms with Crippen LogP contribution < -0.4 is 9.47 Å². The van der Waals surface area contributed by atoms with Gasteiger partial charge in [0.05, 0.1) is 14.2 Å². The average molecular weight is 597 g/mol. The third kappa shape index (κ3) is 2.89. The predicted molar refractivity (Wildman–Crippen MR) is 171 cm³/mol. The Bertz CT molecular complexity index is 1650. The molecule has 230 valence electrons. The number of allylic oxidation sites excluding steroid dienone is 2. The molecule has 11 aliphatic rings. The molecule has 0 aromatic heterocycles. The minimum Gasteiger partial charge on any atom is -0.496 e. The van der Waals surface area contributed by atoms with E-state index in [2.05, 4.69) is 36.4 Å². The topological polar surface area (TPSA) is 66.0 Å². The quantitative estimate of drug-likeness (QED) is 0.326. The van der Waals surface area contributed by atoms with Gasteiger partial charge in [-0.05, 0) is 158 Å². The third-order valence-corrected chi connectivity index (χ3v) is 16.7. The number of methoxy groups -OCH3 is 2. The number of ether oxygens (including phenoxy) is 2. The van der Waals surface area contributed by atoms with Crippen molar-refractivity contribution in [3.05, 3.63) is 46.5 Å². The Labute approximate surface area is 267 Å². The Morgan fingerprint density at radius 3 is 1.40 bits per heavy atom. The zero-order valence-electron chi connectivity index (χ0n) is 26.6. The summed E-state index contributed by atoms with van der Waals surface area (Å²) in [5.74, 6) is 14.8. The summed E-state index contributed by atoms with van der Waals surface area (Å²) in [6, 6.07) is 13.5. The molecule has 16 atom stereocenters. The van der Waals surface area contributed by atoms with Gasteiger partial charge in [0.15, 0.2) is 0 Å². The van der Waals surface area contributed by atoms with E-state index in [1.807, 2.05) is 14.2 Å². The normalized spacial score (nSPS) is 48.2. The minimum atomic E-state index is 0.492. The van der Waals surface area contributed by atoms with Crippen LogP contribution in [0.2, 0.25) is 0 Å². The summed E-state index contributed by atoms with van der Waals surface area (Å²) < 4.78 is 12.6. The molecule has 13 rings (SSSR count). The highest BCUT2D eigenvalue weighted by Crippen LogP contribution is 2.78. The smallest absolute Gasteiger partial charge is 0.130 e. The zero-order chi connectivity index (χ0) is 29.9. The Kier molecular flexibility index (Phi) is 5.16. The van der Waals surface area contributed by atoms with Crippen molar-refractivity contribution in [1.82, 2.24) is 0 Å². The van der Waals surface area contributed by atoms with Crippen LogP contribution in [-0.2, 0) is 0 Å². The minimum absolute atomic E-state index is 0.492. The fraction of sp³-hybridized carbons (Fsp3) is 0.659. The highest BCUT2D eigenvalue weighted by molar-refractivity contribution is 5.97. The fourth-order valence-corrected chi connectivity index (χ4v) is 16.3. The molecule has 2 aromatic rings. The van der Waals surface area contributed by atoms with Crippen molar-refractivity contribution in [1.29, 1.82) is 10.5 Å². The molecule has 4 heteroatoms. The van der Waals surface area contributed by atoms with Gasteiger partial charge in [-0.2, -0.15) is 10.5 Å². The van der Waals surface area contributed by atoms with E-state index in [1.54, 1.807) is 0 Å². The van der Waals surface area contributed by atoms with Gasteiger partial charge in [0.2, 0.25) is 0 Å². The largest absolute Gasteiger partial charge is 0.496 e. The molecule has 8 bridgehead atoms. The van der Waals surface area contributed by atoms with Crippen LogP contribution in [0.15, 0.2) is 35.4 Å². The number of benzene rings is 2. The molecular formula is C41H44N2O2. The van der Waals surface area contributed by atoms with Crippen molar-refractivity contribution >= 4 is 10.8 Å². The Morgan fingerprint density at radius 1 is 0.556 bits per heavy atom. The van der Waals surface area contributed by atoms with Gasteiger partial charge in [0.1, 0.15) is 29.2 Å². The number of hydrogen-bond acceptors (Lipinski definition) is 4. The second-order valence-electron chi connectivity index (χ2n) is 17.0. The first-order valence-electron chi connectivity index (χ1n) is 18.4. The molecule has 0 aliphatic heterocycles. The third-order valence-electron chi connectivity index (χ3n) is 16.7. The molecular weight excluding hydrogens is 552 g/mol. The molecule has 4 nitrogen and oxygen atoms in total. The maximum absolute atomic E-state index is 9.90. The summed E-state index contributed by atoms with van der Waals surface area (Å²) in [5.41, 5.74) is 4.86. The lowest BCUT2D eigenvalue weighted by Crippen LogP contribution is -2.57. The van der Waals surface area contributed by atoms with Crippen molar-refractivity contribution in [2.75, 3.05) is 14.2 Å². The second-order valence-corrected chi connectivity index (χ2v) is 17.0. The predicted octanol–water partition coefficient (Wildman–Crippen LogP) is 8.63. The van der Waals surface area contributed by atoms with Gasteiger partial charge in [-0.25, -0.2) is 0 Å². The second kappa shape index (κ2) is 8.88. The number of nitrogens with zero attached hydrogens (tertiary/aromatic N) is 2. The number of fused-ring (bicyclic) bond motifs is 10. The van der Waals surface area contributed by atoms with Crippen molar-refractivity contribution in [3.8, 4) is 23.6 Å². The van der Waals surface area contributed by atoms with Crippen molar-refractivity contribution < 1.29 is 9.47 Å². The maximum atomic E-state index is 9.90. The molecule has 2 aromatic carbocycles. The van der Waals surface area contributed by atoms with Crippen LogP contribution in [-0.4, -0.2) is 14.2 Å². The van der Waals surface area contributed by atoms with Crippen molar-refractivity contribution in [2.45, 2.75) is 69.6 Å². The van der Waals surface area contributed by atoms with Gasteiger partial charge in [0.25, 0.3) is 0 Å². The van der Waals surface area contributed by atoms with Gasteiger partial charge in [0, 0.05) is 21.9 Å². The van der Waals surface area contributed by atoms with E-state index in [0.717, 1.165) is 82.5 Å².